The average Bonchev–Trinajstić information content (AvgIpc) is 2.35. The Morgan fingerprint density at radius 1 is 1.19 bits per heavy atom. The van der Waals surface area contributed by atoms with Crippen molar-refractivity contribution in [2.75, 3.05) is 5.32 Å². The molecule has 0 spiro atoms. The van der Waals surface area contributed by atoms with Crippen LogP contribution in [-0.4, -0.2) is 42.7 Å². The van der Waals surface area contributed by atoms with E-state index < -0.39 is 28.1 Å². The van der Waals surface area contributed by atoms with E-state index in [1.54, 1.807) is 0 Å². The summed E-state index contributed by atoms with van der Waals surface area (Å²) in [6.45, 7) is 2.48. The van der Waals surface area contributed by atoms with Crippen LogP contribution >= 0.6 is 0 Å². The number of aliphatic carboxylic acids is 1. The van der Waals surface area contributed by atoms with Crippen LogP contribution in [0.4, 0.5) is 5.69 Å². The van der Waals surface area contributed by atoms with E-state index in [4.69, 9.17) is 5.11 Å². The topological polar surface area (TPSA) is 133 Å². The third kappa shape index (κ3) is 4.81. The lowest BCUT2D eigenvalue weighted by atomic mass is 10.2. The van der Waals surface area contributed by atoms with Gasteiger partial charge < -0.3 is 15.5 Å². The molecule has 2 atom stereocenters. The van der Waals surface area contributed by atoms with Crippen LogP contribution in [0.15, 0.2) is 29.2 Å². The van der Waals surface area contributed by atoms with Crippen LogP contribution in [0.2, 0.25) is 0 Å². The number of carbonyl (C=O) groups is 2. The number of hydrogen-bond donors (Lipinski definition) is 4. The van der Waals surface area contributed by atoms with Gasteiger partial charge in [-0.3, -0.25) is 9.59 Å². The molecule has 0 aliphatic heterocycles. The summed E-state index contributed by atoms with van der Waals surface area (Å²) in [5.74, 6) is -1.78. The maximum Gasteiger partial charge on any atom is 0.324 e. The minimum absolute atomic E-state index is 0.177. The highest BCUT2D eigenvalue weighted by Crippen LogP contribution is 2.14. The molecule has 0 saturated carbocycles. The first-order valence-electron chi connectivity index (χ1n) is 5.94. The Labute approximate surface area is 121 Å². The van der Waals surface area contributed by atoms with Gasteiger partial charge in [0.1, 0.15) is 6.04 Å². The van der Waals surface area contributed by atoms with E-state index in [2.05, 4.69) is 5.32 Å². The van der Waals surface area contributed by atoms with Gasteiger partial charge in [0.15, 0.2) is 0 Å². The van der Waals surface area contributed by atoms with Crippen molar-refractivity contribution >= 4 is 27.6 Å². The summed E-state index contributed by atoms with van der Waals surface area (Å²) in [7, 11) is -4.10. The molecule has 0 unspecified atom stereocenters. The van der Waals surface area contributed by atoms with Gasteiger partial charge in [-0.25, -0.2) is 8.42 Å². The lowest BCUT2D eigenvalue weighted by Crippen LogP contribution is -2.47. The highest BCUT2D eigenvalue weighted by molar-refractivity contribution is 7.89. The molecular weight excluding hydrogens is 300 g/mol. The SMILES string of the molecule is CC(=O)Nc1ccc(S(=O)(=O)N[C@@H](C(=O)O)[C@@H](C)O)cc1. The zero-order chi connectivity index (χ0) is 16.2. The maximum absolute atomic E-state index is 12.0. The number of benzene rings is 1. The van der Waals surface area contributed by atoms with Gasteiger partial charge in [0, 0.05) is 12.6 Å². The van der Waals surface area contributed by atoms with Crippen molar-refractivity contribution in [3.8, 4) is 0 Å². The summed E-state index contributed by atoms with van der Waals surface area (Å²) in [5, 5.41) is 20.6. The zero-order valence-electron chi connectivity index (χ0n) is 11.4. The molecule has 0 heterocycles. The molecule has 0 radical (unpaired) electrons. The number of aliphatic hydroxyl groups is 1. The molecule has 0 fully saturated rings. The van der Waals surface area contributed by atoms with Gasteiger partial charge in [0.05, 0.1) is 11.0 Å². The normalized spacial score (nSPS) is 14.2. The van der Waals surface area contributed by atoms with Crippen LogP contribution < -0.4 is 10.0 Å². The smallest absolute Gasteiger partial charge is 0.324 e. The molecule has 116 valence electrons. The molecule has 1 amide bonds. The summed E-state index contributed by atoms with van der Waals surface area (Å²) in [6, 6.07) is 3.52. The Hall–Kier alpha value is -1.97. The summed E-state index contributed by atoms with van der Waals surface area (Å²) in [6.07, 6.45) is -1.39. The standard InChI is InChI=1S/C12H16N2O6S/c1-7(15)11(12(17)18)14-21(19,20)10-5-3-9(4-6-10)13-8(2)16/h3-7,11,14-15H,1-2H3,(H,13,16)(H,17,18)/t7-,11-/m1/s1. The Morgan fingerprint density at radius 3 is 2.10 bits per heavy atom. The second-order valence-corrected chi connectivity index (χ2v) is 6.10. The third-order valence-electron chi connectivity index (χ3n) is 2.52. The van der Waals surface area contributed by atoms with Crippen molar-refractivity contribution in [3.63, 3.8) is 0 Å². The Balaban J connectivity index is 2.97. The van der Waals surface area contributed by atoms with Gasteiger partial charge in [-0.15, -0.1) is 0 Å². The molecule has 21 heavy (non-hydrogen) atoms. The number of carboxylic acid groups (broad SMARTS) is 1. The molecule has 4 N–H and O–H groups in total. The minimum Gasteiger partial charge on any atom is -0.480 e. The van der Waals surface area contributed by atoms with Crippen molar-refractivity contribution < 1.29 is 28.2 Å². The largest absolute Gasteiger partial charge is 0.480 e. The fraction of sp³-hybridized carbons (Fsp3) is 0.333. The predicted octanol–water partition coefficient (Wildman–Crippen LogP) is -0.243. The van der Waals surface area contributed by atoms with Crippen LogP contribution in [0.5, 0.6) is 0 Å². The van der Waals surface area contributed by atoms with Gasteiger partial charge in [-0.2, -0.15) is 4.72 Å². The van der Waals surface area contributed by atoms with Crippen LogP contribution in [0.3, 0.4) is 0 Å². The van der Waals surface area contributed by atoms with E-state index in [1.807, 2.05) is 4.72 Å². The minimum atomic E-state index is -4.10. The number of aliphatic hydroxyl groups excluding tert-OH is 1. The molecule has 0 aliphatic rings. The summed E-state index contributed by atoms with van der Waals surface area (Å²) >= 11 is 0. The van der Waals surface area contributed by atoms with Gasteiger partial charge in [0.2, 0.25) is 15.9 Å². The number of sulfonamides is 1. The third-order valence-corrected chi connectivity index (χ3v) is 3.97. The monoisotopic (exact) mass is 316 g/mol. The Morgan fingerprint density at radius 2 is 1.71 bits per heavy atom. The average molecular weight is 316 g/mol. The first kappa shape index (κ1) is 17.1. The van der Waals surface area contributed by atoms with Gasteiger partial charge in [0.25, 0.3) is 0 Å². The molecular formula is C12H16N2O6S. The summed E-state index contributed by atoms with van der Waals surface area (Å²) < 4.78 is 25.9. The van der Waals surface area contributed by atoms with Gasteiger partial charge >= 0.3 is 5.97 Å². The summed E-state index contributed by atoms with van der Waals surface area (Å²) in [5.41, 5.74) is 0.409. The van der Waals surface area contributed by atoms with Crippen LogP contribution in [0.25, 0.3) is 0 Å². The maximum atomic E-state index is 12.0. The fourth-order valence-electron chi connectivity index (χ4n) is 1.51. The highest BCUT2D eigenvalue weighted by atomic mass is 32.2. The zero-order valence-corrected chi connectivity index (χ0v) is 12.2. The van der Waals surface area contributed by atoms with E-state index in [0.29, 0.717) is 5.69 Å². The van der Waals surface area contributed by atoms with Gasteiger partial charge in [-0.1, -0.05) is 0 Å². The highest BCUT2D eigenvalue weighted by Gasteiger charge is 2.29. The molecule has 0 aliphatic carbocycles. The van der Waals surface area contributed by atoms with Crippen molar-refractivity contribution in [2.24, 2.45) is 0 Å². The van der Waals surface area contributed by atoms with E-state index in [-0.39, 0.29) is 10.8 Å². The van der Waals surface area contributed by atoms with Crippen molar-refractivity contribution in [1.29, 1.82) is 0 Å². The molecule has 0 bridgehead atoms. The molecule has 0 saturated heterocycles. The second-order valence-electron chi connectivity index (χ2n) is 4.38. The van der Waals surface area contributed by atoms with Crippen molar-refractivity contribution in [2.45, 2.75) is 30.9 Å². The number of amides is 1. The predicted molar refractivity (Wildman–Crippen MR) is 74.2 cm³/mol. The fourth-order valence-corrected chi connectivity index (χ4v) is 2.77. The second kappa shape index (κ2) is 6.66. The van der Waals surface area contributed by atoms with Crippen LogP contribution in [-0.2, 0) is 19.6 Å². The first-order chi connectivity index (χ1) is 9.63. The lowest BCUT2D eigenvalue weighted by molar-refractivity contribution is -0.141. The molecule has 1 aromatic rings. The quantitative estimate of drug-likeness (QED) is 0.572. The number of carbonyl (C=O) groups excluding carboxylic acids is 1. The molecule has 9 heteroatoms. The Bertz CT molecular complexity index is 624. The summed E-state index contributed by atoms with van der Waals surface area (Å²) in [4.78, 5) is 21.6. The molecule has 0 aromatic heterocycles. The van der Waals surface area contributed by atoms with Crippen molar-refractivity contribution in [3.05, 3.63) is 24.3 Å². The van der Waals surface area contributed by atoms with Crippen LogP contribution in [0.1, 0.15) is 13.8 Å². The van der Waals surface area contributed by atoms with E-state index in [0.717, 1.165) is 0 Å². The number of carboxylic acids is 1. The molecule has 1 rings (SSSR count). The number of nitrogens with one attached hydrogen (secondary N) is 2. The number of rotatable bonds is 6. The molecule has 1 aromatic carbocycles. The van der Waals surface area contributed by atoms with E-state index >= 15 is 0 Å². The Kier molecular flexibility index (Phi) is 5.41. The molecule has 8 nitrogen and oxygen atoms in total. The van der Waals surface area contributed by atoms with Crippen LogP contribution in [0, 0.1) is 0 Å². The van der Waals surface area contributed by atoms with Gasteiger partial charge in [-0.05, 0) is 31.2 Å². The number of hydrogen-bond acceptors (Lipinski definition) is 5. The van der Waals surface area contributed by atoms with E-state index in [1.165, 1.54) is 38.1 Å². The van der Waals surface area contributed by atoms with E-state index in [9.17, 15) is 23.1 Å². The first-order valence-corrected chi connectivity index (χ1v) is 7.42. The van der Waals surface area contributed by atoms with Crippen molar-refractivity contribution in [1.82, 2.24) is 4.72 Å². The number of anilines is 1. The lowest BCUT2D eigenvalue weighted by Gasteiger charge is -2.17.